The number of carbonyl (C=O) groups is 2. The minimum absolute atomic E-state index is 0.0186. The van der Waals surface area contributed by atoms with Crippen LogP contribution in [0.4, 0.5) is 0 Å². The highest BCUT2D eigenvalue weighted by Gasteiger charge is 2.43. The van der Waals surface area contributed by atoms with Crippen LogP contribution in [0.3, 0.4) is 0 Å². The lowest BCUT2D eigenvalue weighted by Gasteiger charge is -2.30. The number of nitrogens with zero attached hydrogens (tertiary/aromatic N) is 1. The van der Waals surface area contributed by atoms with Gasteiger partial charge in [0, 0.05) is 12.3 Å². The van der Waals surface area contributed by atoms with Crippen LogP contribution in [-0.2, 0) is 16.6 Å². The van der Waals surface area contributed by atoms with Crippen LogP contribution in [0.2, 0.25) is 5.02 Å². The highest BCUT2D eigenvalue weighted by atomic mass is 35.5. The Kier molecular flexibility index (Phi) is 9.13. The number of carbonyl (C=O) groups excluding carboxylic acids is 2. The largest absolute Gasteiger partial charge is 0.493 e. The topological polar surface area (TPSA) is 67.9 Å². The van der Waals surface area contributed by atoms with Gasteiger partial charge in [-0.05, 0) is 52.8 Å². The van der Waals surface area contributed by atoms with Crippen molar-refractivity contribution in [1.29, 1.82) is 0 Å². The minimum atomic E-state index is -0.628. The second kappa shape index (κ2) is 12.3. The Labute approximate surface area is 240 Å². The van der Waals surface area contributed by atoms with Gasteiger partial charge in [-0.2, -0.15) is 0 Å². The lowest BCUT2D eigenvalue weighted by molar-refractivity contribution is -0.124. The molecule has 8 heteroatoms. The number of amides is 2. The summed E-state index contributed by atoms with van der Waals surface area (Å²) in [4.78, 5) is 29.0. The Hall–Kier alpha value is -3.16. The molecule has 3 aromatic carbocycles. The summed E-state index contributed by atoms with van der Waals surface area (Å²) >= 11 is 8.01. The van der Waals surface area contributed by atoms with Crippen molar-refractivity contribution in [3.8, 4) is 11.5 Å². The molecule has 1 aliphatic heterocycles. The van der Waals surface area contributed by atoms with Gasteiger partial charge in [-0.1, -0.05) is 74.8 Å². The summed E-state index contributed by atoms with van der Waals surface area (Å²) in [5.41, 5.74) is 3.61. The molecule has 1 aliphatic rings. The first kappa shape index (κ1) is 28.8. The van der Waals surface area contributed by atoms with Crippen molar-refractivity contribution in [3.63, 3.8) is 0 Å². The van der Waals surface area contributed by atoms with Crippen molar-refractivity contribution in [2.45, 2.75) is 44.0 Å². The molecule has 1 N–H and O–H groups in total. The van der Waals surface area contributed by atoms with Crippen LogP contribution in [0, 0.1) is 0 Å². The van der Waals surface area contributed by atoms with Gasteiger partial charge < -0.3 is 19.7 Å². The van der Waals surface area contributed by atoms with E-state index in [4.69, 9.17) is 21.1 Å². The van der Waals surface area contributed by atoms with Crippen LogP contribution in [0.1, 0.15) is 53.2 Å². The maximum absolute atomic E-state index is 13.8. The quantitative estimate of drug-likeness (QED) is 0.348. The van der Waals surface area contributed by atoms with Crippen LogP contribution in [0.5, 0.6) is 11.5 Å². The standard InChI is InChI=1S/C31H35ClN2O4S/c1-31(2,3)22-13-11-21(12-14-22)30-34(29(36)23-8-6-7-9-24(23)32)25(19-39-30)28(35)33-17-16-20-10-15-26(37-4)27(18-20)38-5/h6-15,18,25,30H,16-17,19H2,1-5H3,(H,33,35). The summed E-state index contributed by atoms with van der Waals surface area (Å²) in [6.07, 6.45) is 0.613. The molecular weight excluding hydrogens is 532 g/mol. The highest BCUT2D eigenvalue weighted by Crippen LogP contribution is 2.43. The Bertz CT molecular complexity index is 1320. The molecule has 1 fully saturated rings. The van der Waals surface area contributed by atoms with E-state index in [9.17, 15) is 9.59 Å². The van der Waals surface area contributed by atoms with Gasteiger partial charge in [0.25, 0.3) is 5.91 Å². The fraction of sp³-hybridized carbons (Fsp3) is 0.355. The SMILES string of the molecule is COc1ccc(CCNC(=O)C2CSC(c3ccc(C(C)(C)C)cc3)N2C(=O)c2ccccc2Cl)cc1OC. The number of rotatable bonds is 8. The number of hydrogen-bond acceptors (Lipinski definition) is 5. The molecule has 0 aromatic heterocycles. The Morgan fingerprint density at radius 2 is 1.69 bits per heavy atom. The van der Waals surface area contributed by atoms with Gasteiger partial charge >= 0.3 is 0 Å². The van der Waals surface area contributed by atoms with Crippen molar-refractivity contribution in [3.05, 3.63) is 94.0 Å². The maximum atomic E-state index is 13.8. The third-order valence-corrected chi connectivity index (χ3v) is 8.52. The van der Waals surface area contributed by atoms with E-state index in [0.717, 1.165) is 11.1 Å². The van der Waals surface area contributed by atoms with E-state index >= 15 is 0 Å². The van der Waals surface area contributed by atoms with Gasteiger partial charge in [0.2, 0.25) is 5.91 Å². The van der Waals surface area contributed by atoms with Gasteiger partial charge in [0.1, 0.15) is 11.4 Å². The Morgan fingerprint density at radius 3 is 2.33 bits per heavy atom. The number of benzene rings is 3. The number of methoxy groups -OCH3 is 2. The zero-order valence-electron chi connectivity index (χ0n) is 23.0. The van der Waals surface area contributed by atoms with Crippen molar-refractivity contribution in [1.82, 2.24) is 10.2 Å². The second-order valence-corrected chi connectivity index (χ2v) is 12.0. The lowest BCUT2D eigenvalue weighted by Crippen LogP contribution is -2.48. The Balaban J connectivity index is 1.54. The van der Waals surface area contributed by atoms with Gasteiger partial charge in [0.15, 0.2) is 11.5 Å². The van der Waals surface area contributed by atoms with Crippen LogP contribution >= 0.6 is 23.4 Å². The van der Waals surface area contributed by atoms with Gasteiger partial charge in [-0.3, -0.25) is 9.59 Å². The second-order valence-electron chi connectivity index (χ2n) is 10.5. The molecular formula is C31H35ClN2O4S. The molecule has 0 saturated carbocycles. The first-order chi connectivity index (χ1) is 18.6. The summed E-state index contributed by atoms with van der Waals surface area (Å²) in [6.45, 7) is 6.93. The van der Waals surface area contributed by atoms with Crippen LogP contribution in [0.25, 0.3) is 0 Å². The predicted molar refractivity (Wildman–Crippen MR) is 158 cm³/mol. The first-order valence-electron chi connectivity index (χ1n) is 12.9. The monoisotopic (exact) mass is 566 g/mol. The number of hydrogen-bond donors (Lipinski definition) is 1. The highest BCUT2D eigenvalue weighted by molar-refractivity contribution is 7.99. The molecule has 4 rings (SSSR count). The molecule has 206 valence electrons. The van der Waals surface area contributed by atoms with E-state index in [1.54, 1.807) is 55.1 Å². The third-order valence-electron chi connectivity index (χ3n) is 6.86. The van der Waals surface area contributed by atoms with Gasteiger partial charge in [-0.25, -0.2) is 0 Å². The van der Waals surface area contributed by atoms with Crippen molar-refractivity contribution in [2.75, 3.05) is 26.5 Å². The van der Waals surface area contributed by atoms with Gasteiger partial charge in [0.05, 0.1) is 24.8 Å². The zero-order valence-corrected chi connectivity index (χ0v) is 24.6. The number of thioether (sulfide) groups is 1. The molecule has 1 saturated heterocycles. The van der Waals surface area contributed by atoms with Crippen molar-refractivity contribution >= 4 is 35.2 Å². The maximum Gasteiger partial charge on any atom is 0.257 e. The number of nitrogens with one attached hydrogen (secondary N) is 1. The van der Waals surface area contributed by atoms with E-state index in [1.807, 2.05) is 18.2 Å². The smallest absolute Gasteiger partial charge is 0.257 e. The molecule has 6 nitrogen and oxygen atoms in total. The summed E-state index contributed by atoms with van der Waals surface area (Å²) < 4.78 is 10.7. The summed E-state index contributed by atoms with van der Waals surface area (Å²) in [7, 11) is 3.19. The summed E-state index contributed by atoms with van der Waals surface area (Å²) in [5, 5.41) is 3.11. The van der Waals surface area contributed by atoms with Gasteiger partial charge in [-0.15, -0.1) is 11.8 Å². The Morgan fingerprint density at radius 1 is 1.00 bits per heavy atom. The molecule has 39 heavy (non-hydrogen) atoms. The first-order valence-corrected chi connectivity index (χ1v) is 14.3. The molecule has 0 bridgehead atoms. The molecule has 0 spiro atoms. The summed E-state index contributed by atoms with van der Waals surface area (Å²) in [6, 6.07) is 20.4. The van der Waals surface area contributed by atoms with E-state index in [2.05, 4.69) is 50.4 Å². The van der Waals surface area contributed by atoms with Crippen molar-refractivity contribution in [2.24, 2.45) is 0 Å². The third kappa shape index (κ3) is 6.53. The molecule has 2 amide bonds. The molecule has 0 radical (unpaired) electrons. The molecule has 2 unspecified atom stereocenters. The van der Waals surface area contributed by atoms with Crippen LogP contribution in [-0.4, -0.2) is 49.3 Å². The van der Waals surface area contributed by atoms with Crippen LogP contribution < -0.4 is 14.8 Å². The van der Waals surface area contributed by atoms with E-state index in [0.29, 0.717) is 40.8 Å². The molecule has 1 heterocycles. The minimum Gasteiger partial charge on any atom is -0.493 e. The fourth-order valence-corrected chi connectivity index (χ4v) is 6.26. The van der Waals surface area contributed by atoms with E-state index in [-0.39, 0.29) is 22.6 Å². The van der Waals surface area contributed by atoms with Crippen molar-refractivity contribution < 1.29 is 19.1 Å². The average molecular weight is 567 g/mol. The van der Waals surface area contributed by atoms with E-state index in [1.165, 1.54) is 5.56 Å². The number of halogens is 1. The molecule has 3 aromatic rings. The molecule has 0 aliphatic carbocycles. The van der Waals surface area contributed by atoms with E-state index < -0.39 is 6.04 Å². The number of ether oxygens (including phenoxy) is 2. The lowest BCUT2D eigenvalue weighted by atomic mass is 9.86. The normalized spacial score (nSPS) is 17.1. The van der Waals surface area contributed by atoms with Crippen LogP contribution in [0.15, 0.2) is 66.7 Å². The predicted octanol–water partition coefficient (Wildman–Crippen LogP) is 6.27. The molecule has 2 atom stereocenters. The summed E-state index contributed by atoms with van der Waals surface area (Å²) in [5.74, 6) is 1.35. The zero-order chi connectivity index (χ0) is 28.2. The fourth-order valence-electron chi connectivity index (χ4n) is 4.62. The average Bonchev–Trinajstić information content (AvgIpc) is 3.38.